The van der Waals surface area contributed by atoms with Crippen molar-refractivity contribution in [2.75, 3.05) is 6.61 Å². The average molecular weight is 372 g/mol. The SMILES string of the molecule is CCCOc1ccc(C(=O)OCc2nc3sc(C)c(C)c3c(=O)[nH]2)cc1. The highest BCUT2D eigenvalue weighted by Gasteiger charge is 2.13. The lowest BCUT2D eigenvalue weighted by atomic mass is 10.2. The van der Waals surface area contributed by atoms with Crippen LogP contribution in [0.25, 0.3) is 10.2 Å². The van der Waals surface area contributed by atoms with Crippen molar-refractivity contribution in [3.8, 4) is 5.75 Å². The van der Waals surface area contributed by atoms with Crippen molar-refractivity contribution < 1.29 is 14.3 Å². The summed E-state index contributed by atoms with van der Waals surface area (Å²) in [6.07, 6.45) is 0.919. The molecule has 1 N–H and O–H groups in total. The average Bonchev–Trinajstić information content (AvgIpc) is 2.92. The van der Waals surface area contributed by atoms with Crippen LogP contribution in [0.15, 0.2) is 29.1 Å². The van der Waals surface area contributed by atoms with Crippen molar-refractivity contribution >= 4 is 27.5 Å². The highest BCUT2D eigenvalue weighted by Crippen LogP contribution is 2.25. The topological polar surface area (TPSA) is 81.3 Å². The summed E-state index contributed by atoms with van der Waals surface area (Å²) in [7, 11) is 0. The Morgan fingerprint density at radius 1 is 1.23 bits per heavy atom. The fourth-order valence-electron chi connectivity index (χ4n) is 2.49. The fourth-order valence-corrected chi connectivity index (χ4v) is 3.54. The molecule has 0 spiro atoms. The van der Waals surface area contributed by atoms with Crippen molar-refractivity contribution in [2.24, 2.45) is 0 Å². The molecule has 0 fully saturated rings. The second-order valence-corrected chi connectivity index (χ2v) is 7.13. The molecule has 136 valence electrons. The molecule has 3 rings (SSSR count). The lowest BCUT2D eigenvalue weighted by molar-refractivity contribution is 0.0462. The number of rotatable bonds is 6. The van der Waals surface area contributed by atoms with Crippen LogP contribution in [0.3, 0.4) is 0 Å². The number of carbonyl (C=O) groups is 1. The molecule has 6 nitrogen and oxygen atoms in total. The second-order valence-electron chi connectivity index (χ2n) is 5.92. The van der Waals surface area contributed by atoms with Gasteiger partial charge in [-0.05, 0) is 50.1 Å². The minimum absolute atomic E-state index is 0.0892. The number of aromatic amines is 1. The van der Waals surface area contributed by atoms with Gasteiger partial charge in [0, 0.05) is 4.88 Å². The summed E-state index contributed by atoms with van der Waals surface area (Å²) in [6.45, 7) is 6.43. The van der Waals surface area contributed by atoms with Crippen LogP contribution in [0.5, 0.6) is 5.75 Å². The van der Waals surface area contributed by atoms with E-state index in [0.717, 1.165) is 16.9 Å². The van der Waals surface area contributed by atoms with Crippen molar-refractivity contribution in [1.82, 2.24) is 9.97 Å². The lowest BCUT2D eigenvalue weighted by Gasteiger charge is -2.07. The quantitative estimate of drug-likeness (QED) is 0.667. The molecule has 0 saturated heterocycles. The lowest BCUT2D eigenvalue weighted by Crippen LogP contribution is -2.14. The number of carbonyl (C=O) groups excluding carboxylic acids is 1. The van der Waals surface area contributed by atoms with E-state index in [9.17, 15) is 9.59 Å². The maximum absolute atomic E-state index is 12.2. The largest absolute Gasteiger partial charge is 0.494 e. The molecule has 0 bridgehead atoms. The van der Waals surface area contributed by atoms with E-state index in [1.54, 1.807) is 24.3 Å². The Labute approximate surface area is 154 Å². The number of aromatic nitrogens is 2. The molecule has 0 atom stereocenters. The molecule has 0 unspecified atom stereocenters. The van der Waals surface area contributed by atoms with Gasteiger partial charge >= 0.3 is 5.97 Å². The number of hydrogen-bond acceptors (Lipinski definition) is 6. The third kappa shape index (κ3) is 3.77. The smallest absolute Gasteiger partial charge is 0.338 e. The summed E-state index contributed by atoms with van der Waals surface area (Å²) >= 11 is 1.46. The first-order valence-electron chi connectivity index (χ1n) is 8.38. The van der Waals surface area contributed by atoms with Gasteiger partial charge < -0.3 is 14.5 Å². The van der Waals surface area contributed by atoms with Crippen molar-refractivity contribution in [1.29, 1.82) is 0 Å². The van der Waals surface area contributed by atoms with E-state index in [0.29, 0.717) is 34.0 Å². The van der Waals surface area contributed by atoms with Gasteiger partial charge in [-0.25, -0.2) is 9.78 Å². The zero-order chi connectivity index (χ0) is 18.7. The summed E-state index contributed by atoms with van der Waals surface area (Å²) in [6, 6.07) is 6.77. The summed E-state index contributed by atoms with van der Waals surface area (Å²) in [5, 5.41) is 0.602. The van der Waals surface area contributed by atoms with Crippen LogP contribution in [0.4, 0.5) is 0 Å². The first-order valence-corrected chi connectivity index (χ1v) is 9.20. The van der Waals surface area contributed by atoms with Gasteiger partial charge in [0.25, 0.3) is 5.56 Å². The van der Waals surface area contributed by atoms with Crippen LogP contribution < -0.4 is 10.3 Å². The summed E-state index contributed by atoms with van der Waals surface area (Å²) in [5.74, 6) is 0.566. The Bertz CT molecular complexity index is 989. The Balaban J connectivity index is 1.69. The number of esters is 1. The first-order chi connectivity index (χ1) is 12.5. The standard InChI is InChI=1S/C19H20N2O4S/c1-4-9-24-14-7-5-13(6-8-14)19(23)25-10-15-20-17(22)16-11(2)12(3)26-18(16)21-15/h5-8H,4,9-10H2,1-3H3,(H,20,21,22). The van der Waals surface area contributed by atoms with Gasteiger partial charge in [0.1, 0.15) is 23.0 Å². The molecule has 26 heavy (non-hydrogen) atoms. The van der Waals surface area contributed by atoms with E-state index in [1.807, 2.05) is 20.8 Å². The highest BCUT2D eigenvalue weighted by molar-refractivity contribution is 7.18. The predicted molar refractivity (Wildman–Crippen MR) is 101 cm³/mol. The third-order valence-electron chi connectivity index (χ3n) is 3.99. The van der Waals surface area contributed by atoms with Crippen molar-refractivity contribution in [3.63, 3.8) is 0 Å². The molecule has 0 aliphatic rings. The second kappa shape index (κ2) is 7.70. The van der Waals surface area contributed by atoms with Gasteiger partial charge in [0.05, 0.1) is 17.6 Å². The minimum atomic E-state index is -0.478. The van der Waals surface area contributed by atoms with Crippen molar-refractivity contribution in [2.45, 2.75) is 33.8 Å². The Morgan fingerprint density at radius 3 is 2.65 bits per heavy atom. The highest BCUT2D eigenvalue weighted by atomic mass is 32.1. The zero-order valence-electron chi connectivity index (χ0n) is 14.9. The molecule has 0 aliphatic carbocycles. The Hall–Kier alpha value is -2.67. The van der Waals surface area contributed by atoms with Crippen LogP contribution in [0.1, 0.15) is 40.0 Å². The number of H-pyrrole nitrogens is 1. The van der Waals surface area contributed by atoms with Crippen LogP contribution in [0.2, 0.25) is 0 Å². The molecule has 2 heterocycles. The summed E-state index contributed by atoms with van der Waals surface area (Å²) in [4.78, 5) is 33.2. The monoisotopic (exact) mass is 372 g/mol. The number of hydrogen-bond donors (Lipinski definition) is 1. The molecule has 0 radical (unpaired) electrons. The van der Waals surface area contributed by atoms with Crippen LogP contribution >= 0.6 is 11.3 Å². The molecule has 0 saturated carbocycles. The normalized spacial score (nSPS) is 10.9. The van der Waals surface area contributed by atoms with E-state index in [-0.39, 0.29) is 12.2 Å². The third-order valence-corrected chi connectivity index (χ3v) is 5.09. The predicted octanol–water partition coefficient (Wildman–Crippen LogP) is 3.75. The van der Waals surface area contributed by atoms with Gasteiger partial charge in [-0.3, -0.25) is 4.79 Å². The fraction of sp³-hybridized carbons (Fsp3) is 0.316. The number of fused-ring (bicyclic) bond motifs is 1. The summed E-state index contributed by atoms with van der Waals surface area (Å²) < 4.78 is 10.8. The molecule has 0 amide bonds. The van der Waals surface area contributed by atoms with Gasteiger partial charge in [-0.2, -0.15) is 0 Å². The maximum Gasteiger partial charge on any atom is 0.338 e. The van der Waals surface area contributed by atoms with Gasteiger partial charge in [-0.1, -0.05) is 6.92 Å². The number of benzene rings is 1. The molecular weight excluding hydrogens is 352 g/mol. The molecule has 1 aromatic carbocycles. The van der Waals surface area contributed by atoms with E-state index >= 15 is 0 Å². The number of nitrogens with zero attached hydrogens (tertiary/aromatic N) is 1. The van der Waals surface area contributed by atoms with E-state index in [2.05, 4.69) is 9.97 Å². The van der Waals surface area contributed by atoms with E-state index < -0.39 is 5.97 Å². The van der Waals surface area contributed by atoms with Gasteiger partial charge in [0.2, 0.25) is 0 Å². The zero-order valence-corrected chi connectivity index (χ0v) is 15.7. The molecule has 3 aromatic rings. The molecule has 2 aromatic heterocycles. The Morgan fingerprint density at radius 2 is 1.96 bits per heavy atom. The van der Waals surface area contributed by atoms with Crippen LogP contribution in [0, 0.1) is 13.8 Å². The molecular formula is C19H20N2O4S. The van der Waals surface area contributed by atoms with Crippen LogP contribution in [-0.4, -0.2) is 22.5 Å². The van der Waals surface area contributed by atoms with Crippen LogP contribution in [-0.2, 0) is 11.3 Å². The molecule has 0 aliphatic heterocycles. The number of ether oxygens (including phenoxy) is 2. The van der Waals surface area contributed by atoms with Gasteiger partial charge in [-0.15, -0.1) is 11.3 Å². The Kier molecular flexibility index (Phi) is 5.37. The molecule has 7 heteroatoms. The minimum Gasteiger partial charge on any atom is -0.494 e. The number of thiophene rings is 1. The van der Waals surface area contributed by atoms with E-state index in [4.69, 9.17) is 9.47 Å². The summed E-state index contributed by atoms with van der Waals surface area (Å²) in [5.41, 5.74) is 1.15. The maximum atomic E-state index is 12.2. The number of aryl methyl sites for hydroxylation is 2. The number of nitrogens with one attached hydrogen (secondary N) is 1. The van der Waals surface area contributed by atoms with E-state index in [1.165, 1.54) is 11.3 Å². The van der Waals surface area contributed by atoms with Crippen molar-refractivity contribution in [3.05, 3.63) is 56.4 Å². The first kappa shape index (κ1) is 18.1. The van der Waals surface area contributed by atoms with Gasteiger partial charge in [0.15, 0.2) is 0 Å².